The normalized spacial score (nSPS) is 9.93. The van der Waals surface area contributed by atoms with Crippen molar-refractivity contribution in [3.63, 3.8) is 0 Å². The summed E-state index contributed by atoms with van der Waals surface area (Å²) in [4.78, 5) is 34.9. The summed E-state index contributed by atoms with van der Waals surface area (Å²) in [7, 11) is 0. The van der Waals surface area contributed by atoms with Crippen LogP contribution in [0.15, 0.2) is 48.5 Å². The van der Waals surface area contributed by atoms with Crippen LogP contribution in [0.1, 0.15) is 17.3 Å². The first kappa shape index (κ1) is 21.0. The van der Waals surface area contributed by atoms with Gasteiger partial charge < -0.3 is 14.2 Å². The quantitative estimate of drug-likeness (QED) is 0.514. The van der Waals surface area contributed by atoms with Crippen molar-refractivity contribution < 1.29 is 28.6 Å². The number of amides is 2. The van der Waals surface area contributed by atoms with Gasteiger partial charge in [0.15, 0.2) is 13.2 Å². The number of carbonyl (C=O) groups is 3. The van der Waals surface area contributed by atoms with Crippen molar-refractivity contribution in [1.82, 2.24) is 10.9 Å². The van der Waals surface area contributed by atoms with E-state index < -0.39 is 17.8 Å². The molecule has 2 rings (SSSR count). The molecule has 0 bridgehead atoms. The van der Waals surface area contributed by atoms with E-state index in [-0.39, 0.29) is 19.8 Å². The Bertz CT molecular complexity index is 808. The standard InChI is InChI=1S/C19H19ClN2O6/c1-2-26-19(25)13-3-7-15(8-4-13)27-11-17(23)21-22-18(24)12-28-16-9-5-14(20)6-10-16/h3-10H,2,11-12H2,1H3,(H,21,23)(H,22,24). The van der Waals surface area contributed by atoms with Gasteiger partial charge in [-0.15, -0.1) is 0 Å². The molecule has 0 aliphatic rings. The lowest BCUT2D eigenvalue weighted by atomic mass is 10.2. The molecule has 8 nitrogen and oxygen atoms in total. The van der Waals surface area contributed by atoms with Gasteiger partial charge in [0, 0.05) is 5.02 Å². The van der Waals surface area contributed by atoms with E-state index >= 15 is 0 Å². The highest BCUT2D eigenvalue weighted by molar-refractivity contribution is 6.30. The van der Waals surface area contributed by atoms with E-state index in [0.29, 0.717) is 22.1 Å². The molecule has 0 saturated heterocycles. The van der Waals surface area contributed by atoms with Crippen LogP contribution in [0, 0.1) is 0 Å². The number of halogens is 1. The molecule has 2 aromatic rings. The maximum atomic E-state index is 11.7. The van der Waals surface area contributed by atoms with Crippen LogP contribution < -0.4 is 20.3 Å². The summed E-state index contributed by atoms with van der Waals surface area (Å²) in [5, 5.41) is 0.555. The topological polar surface area (TPSA) is 103 Å². The van der Waals surface area contributed by atoms with Gasteiger partial charge in [0.2, 0.25) is 0 Å². The molecule has 0 spiro atoms. The smallest absolute Gasteiger partial charge is 0.338 e. The SMILES string of the molecule is CCOC(=O)c1ccc(OCC(=O)NNC(=O)COc2ccc(Cl)cc2)cc1. The van der Waals surface area contributed by atoms with Crippen molar-refractivity contribution in [3.8, 4) is 11.5 Å². The van der Waals surface area contributed by atoms with Crippen molar-refractivity contribution in [2.24, 2.45) is 0 Å². The number of hydrogen-bond donors (Lipinski definition) is 2. The Labute approximate surface area is 166 Å². The molecule has 9 heteroatoms. The van der Waals surface area contributed by atoms with Gasteiger partial charge in [0.25, 0.3) is 11.8 Å². The Kier molecular flexibility index (Phi) is 8.11. The maximum absolute atomic E-state index is 11.7. The average Bonchev–Trinajstić information content (AvgIpc) is 2.71. The Morgan fingerprint density at radius 3 is 1.75 bits per heavy atom. The molecule has 0 fully saturated rings. The molecule has 0 saturated carbocycles. The number of carbonyl (C=O) groups excluding carboxylic acids is 3. The van der Waals surface area contributed by atoms with E-state index in [9.17, 15) is 14.4 Å². The second-order valence-electron chi connectivity index (χ2n) is 5.37. The minimum atomic E-state index is -0.561. The number of nitrogens with one attached hydrogen (secondary N) is 2. The van der Waals surface area contributed by atoms with Crippen LogP contribution in [-0.4, -0.2) is 37.6 Å². The van der Waals surface area contributed by atoms with E-state index in [0.717, 1.165) is 0 Å². The van der Waals surface area contributed by atoms with Crippen molar-refractivity contribution in [3.05, 3.63) is 59.1 Å². The number of rotatable bonds is 8. The van der Waals surface area contributed by atoms with Crippen LogP contribution in [0.3, 0.4) is 0 Å². The van der Waals surface area contributed by atoms with E-state index in [4.69, 9.17) is 25.8 Å². The zero-order valence-electron chi connectivity index (χ0n) is 15.1. The molecule has 0 aromatic heterocycles. The summed E-state index contributed by atoms with van der Waals surface area (Å²) < 4.78 is 15.4. The predicted molar refractivity (Wildman–Crippen MR) is 101 cm³/mol. The van der Waals surface area contributed by atoms with E-state index in [1.807, 2.05) is 0 Å². The lowest BCUT2D eigenvalue weighted by molar-refractivity contribution is -0.131. The van der Waals surface area contributed by atoms with Crippen LogP contribution in [0.25, 0.3) is 0 Å². The lowest BCUT2D eigenvalue weighted by Gasteiger charge is -2.10. The second-order valence-corrected chi connectivity index (χ2v) is 5.81. The highest BCUT2D eigenvalue weighted by atomic mass is 35.5. The monoisotopic (exact) mass is 406 g/mol. The zero-order chi connectivity index (χ0) is 20.4. The summed E-state index contributed by atoms with van der Waals surface area (Å²) in [5.41, 5.74) is 4.79. The van der Waals surface area contributed by atoms with Gasteiger partial charge in [-0.25, -0.2) is 4.79 Å². The molecular formula is C19H19ClN2O6. The summed E-state index contributed by atoms with van der Waals surface area (Å²) in [5.74, 6) is -0.673. The van der Waals surface area contributed by atoms with Crippen LogP contribution in [0.2, 0.25) is 5.02 Å². The fourth-order valence-corrected chi connectivity index (χ4v) is 2.07. The third kappa shape index (κ3) is 7.16. The molecule has 148 valence electrons. The lowest BCUT2D eigenvalue weighted by Crippen LogP contribution is -2.45. The largest absolute Gasteiger partial charge is 0.484 e. The minimum absolute atomic E-state index is 0.280. The van der Waals surface area contributed by atoms with E-state index in [2.05, 4.69) is 10.9 Å². The van der Waals surface area contributed by atoms with Gasteiger partial charge in [-0.05, 0) is 55.5 Å². The van der Waals surface area contributed by atoms with Gasteiger partial charge in [-0.3, -0.25) is 20.4 Å². The van der Waals surface area contributed by atoms with Crippen LogP contribution >= 0.6 is 11.6 Å². The Morgan fingerprint density at radius 1 is 0.821 bits per heavy atom. The average molecular weight is 407 g/mol. The molecule has 0 unspecified atom stereocenters. The summed E-state index contributed by atoms with van der Waals surface area (Å²) in [6.45, 7) is 1.40. The fraction of sp³-hybridized carbons (Fsp3) is 0.211. The van der Waals surface area contributed by atoms with Crippen molar-refractivity contribution >= 4 is 29.4 Å². The molecule has 0 aliphatic carbocycles. The van der Waals surface area contributed by atoms with Crippen LogP contribution in [-0.2, 0) is 14.3 Å². The number of ether oxygens (including phenoxy) is 3. The molecule has 0 aliphatic heterocycles. The third-order valence-electron chi connectivity index (χ3n) is 3.26. The minimum Gasteiger partial charge on any atom is -0.484 e. The number of esters is 1. The molecule has 2 amide bonds. The van der Waals surface area contributed by atoms with Gasteiger partial charge in [-0.2, -0.15) is 0 Å². The van der Waals surface area contributed by atoms with Gasteiger partial charge in [-0.1, -0.05) is 11.6 Å². The fourth-order valence-electron chi connectivity index (χ4n) is 1.94. The zero-order valence-corrected chi connectivity index (χ0v) is 15.8. The van der Waals surface area contributed by atoms with Crippen LogP contribution in [0.5, 0.6) is 11.5 Å². The highest BCUT2D eigenvalue weighted by Gasteiger charge is 2.08. The third-order valence-corrected chi connectivity index (χ3v) is 3.51. The summed E-state index contributed by atoms with van der Waals surface area (Å²) in [6, 6.07) is 12.6. The Balaban J connectivity index is 1.67. The van der Waals surface area contributed by atoms with Gasteiger partial charge >= 0.3 is 5.97 Å². The first-order valence-electron chi connectivity index (χ1n) is 8.34. The molecule has 2 aromatic carbocycles. The van der Waals surface area contributed by atoms with Gasteiger partial charge in [0.1, 0.15) is 11.5 Å². The summed E-state index contributed by atoms with van der Waals surface area (Å²) in [6.07, 6.45) is 0. The van der Waals surface area contributed by atoms with E-state index in [1.165, 1.54) is 24.3 Å². The first-order valence-corrected chi connectivity index (χ1v) is 8.71. The van der Waals surface area contributed by atoms with Crippen LogP contribution in [0.4, 0.5) is 0 Å². The molecule has 0 atom stereocenters. The van der Waals surface area contributed by atoms with Crippen molar-refractivity contribution in [2.45, 2.75) is 6.92 Å². The maximum Gasteiger partial charge on any atom is 0.338 e. The van der Waals surface area contributed by atoms with Gasteiger partial charge in [0.05, 0.1) is 12.2 Å². The number of benzene rings is 2. The first-order chi connectivity index (χ1) is 13.5. The molecule has 0 radical (unpaired) electrons. The molecule has 2 N–H and O–H groups in total. The predicted octanol–water partition coefficient (Wildman–Crippen LogP) is 2.12. The molecule has 28 heavy (non-hydrogen) atoms. The molecule has 0 heterocycles. The van der Waals surface area contributed by atoms with Crippen molar-refractivity contribution in [2.75, 3.05) is 19.8 Å². The second kappa shape index (κ2) is 10.8. The molecular weight excluding hydrogens is 388 g/mol. The Morgan fingerprint density at radius 2 is 1.29 bits per heavy atom. The Hall–Kier alpha value is -3.26. The number of hydrogen-bond acceptors (Lipinski definition) is 6. The highest BCUT2D eigenvalue weighted by Crippen LogP contribution is 2.15. The number of hydrazine groups is 1. The summed E-state index contributed by atoms with van der Waals surface area (Å²) >= 11 is 5.75. The van der Waals surface area contributed by atoms with Crippen molar-refractivity contribution in [1.29, 1.82) is 0 Å². The van der Waals surface area contributed by atoms with E-state index in [1.54, 1.807) is 31.2 Å².